The molecule has 0 saturated carbocycles. The van der Waals surface area contributed by atoms with Crippen LogP contribution in [0.4, 0.5) is 0 Å². The lowest BCUT2D eigenvalue weighted by Crippen LogP contribution is -2.14. The minimum Gasteiger partial charge on any atom is -0.483 e. The quantitative estimate of drug-likeness (QED) is 0.802. The van der Waals surface area contributed by atoms with Crippen molar-refractivity contribution in [2.45, 2.75) is 11.5 Å². The first-order chi connectivity index (χ1) is 8.47. The van der Waals surface area contributed by atoms with E-state index >= 15 is 0 Å². The number of imidazole rings is 1. The molecule has 94 valence electrons. The zero-order valence-electron chi connectivity index (χ0n) is 9.42. The zero-order chi connectivity index (χ0) is 12.9. The van der Waals surface area contributed by atoms with Gasteiger partial charge in [-0.25, -0.2) is 13.4 Å². The van der Waals surface area contributed by atoms with Crippen molar-refractivity contribution in [3.05, 3.63) is 34.8 Å². The molecule has 0 spiro atoms. The molecule has 2 heterocycles. The minimum absolute atomic E-state index is 0.251. The van der Waals surface area contributed by atoms with Crippen LogP contribution in [-0.4, -0.2) is 24.2 Å². The summed E-state index contributed by atoms with van der Waals surface area (Å²) in [6.45, 7) is 0.325. The van der Waals surface area contributed by atoms with Crippen molar-refractivity contribution >= 4 is 25.8 Å². The lowest BCUT2D eigenvalue weighted by molar-refractivity contribution is 0.278. The average molecular weight is 329 g/mol. The molecule has 1 aromatic heterocycles. The Bertz CT molecular complexity index is 737. The topological polar surface area (TPSA) is 61.2 Å². The molecular formula is C11H9BrN2O3S. The number of rotatable bonds is 1. The molecule has 0 amide bonds. The summed E-state index contributed by atoms with van der Waals surface area (Å²) in [5, 5.41) is 0. The van der Waals surface area contributed by atoms with Gasteiger partial charge in [-0.05, 0) is 28.1 Å². The van der Waals surface area contributed by atoms with Gasteiger partial charge in [-0.15, -0.1) is 0 Å². The van der Waals surface area contributed by atoms with Crippen LogP contribution in [0.15, 0.2) is 33.9 Å². The molecule has 7 heteroatoms. The summed E-state index contributed by atoms with van der Waals surface area (Å²) in [4.78, 5) is 4.45. The van der Waals surface area contributed by atoms with Crippen molar-refractivity contribution in [3.8, 4) is 11.4 Å². The van der Waals surface area contributed by atoms with Crippen LogP contribution in [0.3, 0.4) is 0 Å². The van der Waals surface area contributed by atoms with E-state index in [0.29, 0.717) is 12.4 Å². The number of sulfone groups is 1. The maximum Gasteiger partial charge on any atom is 0.175 e. The molecule has 5 nitrogen and oxygen atoms in total. The molecule has 2 aromatic rings. The maximum absolute atomic E-state index is 11.5. The van der Waals surface area contributed by atoms with Crippen LogP contribution < -0.4 is 4.74 Å². The third-order valence-corrected chi connectivity index (χ3v) is 4.42. The average Bonchev–Trinajstić information content (AvgIpc) is 2.69. The second kappa shape index (κ2) is 3.83. The van der Waals surface area contributed by atoms with E-state index in [4.69, 9.17) is 4.74 Å². The van der Waals surface area contributed by atoms with Gasteiger partial charge in [-0.1, -0.05) is 0 Å². The number of fused-ring (bicyclic) bond motifs is 3. The lowest BCUT2D eigenvalue weighted by atomic mass is 10.2. The molecule has 1 aliphatic rings. The summed E-state index contributed by atoms with van der Waals surface area (Å²) in [6, 6.07) is 4.83. The Labute approximate surface area is 112 Å². The Hall–Kier alpha value is -1.34. The van der Waals surface area contributed by atoms with Gasteiger partial charge in [0.05, 0.1) is 16.8 Å². The van der Waals surface area contributed by atoms with Crippen LogP contribution in [-0.2, 0) is 16.4 Å². The molecule has 0 aliphatic carbocycles. The number of hydrogen-bond donors (Lipinski definition) is 0. The second-order valence-electron chi connectivity index (χ2n) is 4.02. The summed E-state index contributed by atoms with van der Waals surface area (Å²) in [5.41, 5.74) is 0.785. The summed E-state index contributed by atoms with van der Waals surface area (Å²) in [5.74, 6) is 1.32. The van der Waals surface area contributed by atoms with E-state index in [-0.39, 0.29) is 4.90 Å². The molecule has 3 rings (SSSR count). The van der Waals surface area contributed by atoms with E-state index in [1.807, 2.05) is 4.57 Å². The Kier molecular flexibility index (Phi) is 2.49. The molecule has 18 heavy (non-hydrogen) atoms. The predicted molar refractivity (Wildman–Crippen MR) is 68.7 cm³/mol. The largest absolute Gasteiger partial charge is 0.483 e. The summed E-state index contributed by atoms with van der Waals surface area (Å²) in [7, 11) is -3.23. The fourth-order valence-electron chi connectivity index (χ4n) is 1.89. The molecule has 1 aromatic carbocycles. The van der Waals surface area contributed by atoms with Crippen molar-refractivity contribution in [1.29, 1.82) is 0 Å². The lowest BCUT2D eigenvalue weighted by Gasteiger charge is -2.20. The molecule has 0 bridgehead atoms. The van der Waals surface area contributed by atoms with Crippen LogP contribution in [0.2, 0.25) is 0 Å². The van der Waals surface area contributed by atoms with Gasteiger partial charge in [0.25, 0.3) is 0 Å². The first-order valence-corrected chi connectivity index (χ1v) is 7.84. The highest BCUT2D eigenvalue weighted by atomic mass is 79.9. The van der Waals surface area contributed by atoms with Gasteiger partial charge in [0.15, 0.2) is 15.7 Å². The number of nitrogens with zero attached hydrogens (tertiary/aromatic N) is 2. The number of benzene rings is 1. The highest BCUT2D eigenvalue weighted by Gasteiger charge is 2.21. The minimum atomic E-state index is -3.23. The smallest absolute Gasteiger partial charge is 0.175 e. The van der Waals surface area contributed by atoms with Gasteiger partial charge in [-0.2, -0.15) is 0 Å². The van der Waals surface area contributed by atoms with Crippen molar-refractivity contribution < 1.29 is 13.2 Å². The summed E-state index contributed by atoms with van der Waals surface area (Å²) in [6.07, 6.45) is 2.87. The third kappa shape index (κ3) is 1.74. The fourth-order valence-corrected chi connectivity index (χ4v) is 3.02. The first kappa shape index (κ1) is 11.7. The van der Waals surface area contributed by atoms with Gasteiger partial charge >= 0.3 is 0 Å². The van der Waals surface area contributed by atoms with Gasteiger partial charge in [0.1, 0.15) is 17.0 Å². The van der Waals surface area contributed by atoms with Crippen molar-refractivity contribution in [2.75, 3.05) is 6.26 Å². The zero-order valence-corrected chi connectivity index (χ0v) is 11.8. The number of ether oxygens (including phenoxy) is 1. The van der Waals surface area contributed by atoms with E-state index in [2.05, 4.69) is 20.9 Å². The molecular weight excluding hydrogens is 320 g/mol. The van der Waals surface area contributed by atoms with Crippen LogP contribution in [0.5, 0.6) is 5.75 Å². The SMILES string of the molecule is CS(=O)(=O)c1ccc2c(c1)OCc1ncc(Br)n1-2. The standard InChI is InChI=1S/C11H9BrN2O3S/c1-18(15,16)7-2-3-8-9(4-7)17-6-11-13-5-10(12)14(8)11/h2-5H,6H2,1H3. The molecule has 0 atom stereocenters. The predicted octanol–water partition coefficient (Wildman–Crippen LogP) is 1.93. The monoisotopic (exact) mass is 328 g/mol. The van der Waals surface area contributed by atoms with Crippen molar-refractivity contribution in [2.24, 2.45) is 0 Å². The number of halogens is 1. The fraction of sp³-hybridized carbons (Fsp3) is 0.182. The highest BCUT2D eigenvalue weighted by molar-refractivity contribution is 9.10. The van der Waals surface area contributed by atoms with Crippen LogP contribution in [0, 0.1) is 0 Å². The van der Waals surface area contributed by atoms with Gasteiger partial charge in [-0.3, -0.25) is 4.57 Å². The second-order valence-corrected chi connectivity index (χ2v) is 6.85. The Morgan fingerprint density at radius 2 is 2.22 bits per heavy atom. The van der Waals surface area contributed by atoms with Crippen LogP contribution in [0.25, 0.3) is 5.69 Å². The number of aromatic nitrogens is 2. The van der Waals surface area contributed by atoms with E-state index < -0.39 is 9.84 Å². The summed E-state index contributed by atoms with van der Waals surface area (Å²) >= 11 is 3.41. The van der Waals surface area contributed by atoms with Gasteiger partial charge in [0, 0.05) is 12.3 Å². The van der Waals surface area contributed by atoms with Crippen molar-refractivity contribution in [3.63, 3.8) is 0 Å². The van der Waals surface area contributed by atoms with Crippen LogP contribution in [0.1, 0.15) is 5.82 Å². The maximum atomic E-state index is 11.5. The number of hydrogen-bond acceptors (Lipinski definition) is 4. The Balaban J connectivity index is 2.23. The highest BCUT2D eigenvalue weighted by Crippen LogP contribution is 2.34. The Morgan fingerprint density at radius 3 is 2.94 bits per heavy atom. The first-order valence-electron chi connectivity index (χ1n) is 5.16. The molecule has 0 radical (unpaired) electrons. The van der Waals surface area contributed by atoms with E-state index in [0.717, 1.165) is 16.1 Å². The van der Waals surface area contributed by atoms with Crippen LogP contribution >= 0.6 is 15.9 Å². The molecule has 1 aliphatic heterocycles. The van der Waals surface area contributed by atoms with E-state index in [1.54, 1.807) is 24.4 Å². The molecule has 0 saturated heterocycles. The molecule has 0 unspecified atom stereocenters. The van der Waals surface area contributed by atoms with E-state index in [9.17, 15) is 8.42 Å². The third-order valence-electron chi connectivity index (χ3n) is 2.75. The summed E-state index contributed by atoms with van der Waals surface area (Å²) < 4.78 is 31.2. The van der Waals surface area contributed by atoms with Gasteiger partial charge in [0.2, 0.25) is 0 Å². The normalized spacial score (nSPS) is 13.7. The van der Waals surface area contributed by atoms with Crippen molar-refractivity contribution in [1.82, 2.24) is 9.55 Å². The molecule has 0 N–H and O–H groups in total. The molecule has 0 fully saturated rings. The van der Waals surface area contributed by atoms with E-state index in [1.165, 1.54) is 6.26 Å². The van der Waals surface area contributed by atoms with Gasteiger partial charge < -0.3 is 4.74 Å². The Morgan fingerprint density at radius 1 is 1.44 bits per heavy atom.